The van der Waals surface area contributed by atoms with Gasteiger partial charge in [0, 0.05) is 0 Å². The van der Waals surface area contributed by atoms with Crippen molar-refractivity contribution in [3.05, 3.63) is 35.7 Å². The Morgan fingerprint density at radius 1 is 1.25 bits per heavy atom. The average molecular weight is 270 g/mol. The van der Waals surface area contributed by atoms with Gasteiger partial charge in [0.2, 0.25) is 0 Å². The molecule has 0 saturated heterocycles. The molecule has 0 radical (unpaired) electrons. The largest absolute Gasteiger partial charge is 0.494 e. The maximum atomic E-state index is 9.11. The van der Waals surface area contributed by atoms with E-state index in [2.05, 4.69) is 23.3 Å². The van der Waals surface area contributed by atoms with Gasteiger partial charge in [-0.3, -0.25) is 0 Å². The molecule has 0 fully saturated rings. The van der Waals surface area contributed by atoms with E-state index in [1.54, 1.807) is 4.68 Å². The molecule has 5 nitrogen and oxygen atoms in total. The first-order valence-corrected chi connectivity index (χ1v) is 6.88. The Hall–Kier alpha value is -2.35. The lowest BCUT2D eigenvalue weighted by atomic mass is 10.1. The Morgan fingerprint density at radius 2 is 2.00 bits per heavy atom. The highest BCUT2D eigenvalue weighted by Crippen LogP contribution is 2.18. The summed E-state index contributed by atoms with van der Waals surface area (Å²) in [4.78, 5) is 0. The van der Waals surface area contributed by atoms with Crippen LogP contribution in [0.1, 0.15) is 38.1 Å². The summed E-state index contributed by atoms with van der Waals surface area (Å²) in [5.41, 5.74) is 2.18. The van der Waals surface area contributed by atoms with Gasteiger partial charge in [0.05, 0.1) is 18.0 Å². The molecule has 5 heteroatoms. The van der Waals surface area contributed by atoms with E-state index in [1.165, 1.54) is 0 Å². The number of aromatic nitrogens is 3. The Kier molecular flexibility index (Phi) is 4.72. The van der Waals surface area contributed by atoms with E-state index in [9.17, 15) is 0 Å². The number of nitriles is 1. The fourth-order valence-electron chi connectivity index (χ4n) is 2.01. The van der Waals surface area contributed by atoms with Crippen LogP contribution in [0.5, 0.6) is 5.75 Å². The molecule has 1 aromatic heterocycles. The standard InChI is InChI=1S/C15H18N4O/c1-3-5-6-15-14(11-16)17-18-19(15)12-7-9-13(10-8-12)20-4-2/h7-10H,3-6H2,1-2H3. The van der Waals surface area contributed by atoms with E-state index in [0.717, 1.165) is 36.4 Å². The van der Waals surface area contributed by atoms with E-state index >= 15 is 0 Å². The van der Waals surface area contributed by atoms with Gasteiger partial charge in [-0.15, -0.1) is 5.10 Å². The number of ether oxygens (including phenoxy) is 1. The molecule has 0 N–H and O–H groups in total. The van der Waals surface area contributed by atoms with Crippen LogP contribution in [0, 0.1) is 11.3 Å². The van der Waals surface area contributed by atoms with Crippen molar-refractivity contribution in [3.63, 3.8) is 0 Å². The Balaban J connectivity index is 2.31. The maximum absolute atomic E-state index is 9.11. The fourth-order valence-corrected chi connectivity index (χ4v) is 2.01. The maximum Gasteiger partial charge on any atom is 0.186 e. The second-order valence-electron chi connectivity index (χ2n) is 4.44. The molecule has 1 heterocycles. The van der Waals surface area contributed by atoms with Gasteiger partial charge in [-0.05, 0) is 44.0 Å². The quantitative estimate of drug-likeness (QED) is 0.809. The summed E-state index contributed by atoms with van der Waals surface area (Å²) in [5, 5.41) is 17.1. The monoisotopic (exact) mass is 270 g/mol. The molecule has 0 unspecified atom stereocenters. The molecule has 0 aliphatic carbocycles. The molecule has 2 aromatic rings. The lowest BCUT2D eigenvalue weighted by molar-refractivity contribution is 0.340. The molecule has 0 aliphatic heterocycles. The predicted octanol–water partition coefficient (Wildman–Crippen LogP) is 2.88. The van der Waals surface area contributed by atoms with Crippen molar-refractivity contribution in [2.75, 3.05) is 6.61 Å². The van der Waals surface area contributed by atoms with Crippen LogP contribution in [-0.4, -0.2) is 21.6 Å². The van der Waals surface area contributed by atoms with Gasteiger partial charge in [-0.1, -0.05) is 18.6 Å². The summed E-state index contributed by atoms with van der Waals surface area (Å²) in [6.45, 7) is 4.72. The Labute approximate surface area is 118 Å². The number of nitrogens with zero attached hydrogens (tertiary/aromatic N) is 4. The third-order valence-corrected chi connectivity index (χ3v) is 3.03. The van der Waals surface area contributed by atoms with Gasteiger partial charge in [0.1, 0.15) is 11.8 Å². The summed E-state index contributed by atoms with van der Waals surface area (Å²) in [7, 11) is 0. The number of rotatable bonds is 6. The first kappa shape index (κ1) is 14.1. The van der Waals surface area contributed by atoms with E-state index in [4.69, 9.17) is 10.00 Å². The summed E-state index contributed by atoms with van der Waals surface area (Å²) in [6, 6.07) is 9.76. The second-order valence-corrected chi connectivity index (χ2v) is 4.44. The number of hydrogen-bond acceptors (Lipinski definition) is 4. The minimum absolute atomic E-state index is 0.410. The third-order valence-electron chi connectivity index (χ3n) is 3.03. The SMILES string of the molecule is CCCCc1c(C#N)nnn1-c1ccc(OCC)cc1. The first-order chi connectivity index (χ1) is 9.80. The van der Waals surface area contributed by atoms with E-state index < -0.39 is 0 Å². The summed E-state index contributed by atoms with van der Waals surface area (Å²) >= 11 is 0. The summed E-state index contributed by atoms with van der Waals surface area (Å²) < 4.78 is 7.16. The second kappa shape index (κ2) is 6.71. The topological polar surface area (TPSA) is 63.7 Å². The van der Waals surface area contributed by atoms with Crippen molar-refractivity contribution >= 4 is 0 Å². The number of hydrogen-bond donors (Lipinski definition) is 0. The average Bonchev–Trinajstić information content (AvgIpc) is 2.89. The molecular formula is C15H18N4O. The highest BCUT2D eigenvalue weighted by Gasteiger charge is 2.13. The summed E-state index contributed by atoms with van der Waals surface area (Å²) in [6.07, 6.45) is 2.89. The molecule has 0 saturated carbocycles. The van der Waals surface area contributed by atoms with Crippen LogP contribution in [0.3, 0.4) is 0 Å². The molecule has 20 heavy (non-hydrogen) atoms. The van der Waals surface area contributed by atoms with Crippen molar-refractivity contribution in [1.82, 2.24) is 15.0 Å². The smallest absolute Gasteiger partial charge is 0.186 e. The molecule has 0 bridgehead atoms. The molecule has 2 rings (SSSR count). The fraction of sp³-hybridized carbons (Fsp3) is 0.400. The zero-order chi connectivity index (χ0) is 14.4. The van der Waals surface area contributed by atoms with E-state index in [-0.39, 0.29) is 0 Å². The van der Waals surface area contributed by atoms with Crippen LogP contribution >= 0.6 is 0 Å². The van der Waals surface area contributed by atoms with Crippen LogP contribution in [0.25, 0.3) is 5.69 Å². The van der Waals surface area contributed by atoms with Crippen LogP contribution < -0.4 is 4.74 Å². The molecule has 0 amide bonds. The van der Waals surface area contributed by atoms with Crippen molar-refractivity contribution < 1.29 is 4.74 Å². The number of unbranched alkanes of at least 4 members (excludes halogenated alkanes) is 1. The zero-order valence-electron chi connectivity index (χ0n) is 11.8. The van der Waals surface area contributed by atoms with Gasteiger partial charge in [-0.2, -0.15) is 5.26 Å². The minimum Gasteiger partial charge on any atom is -0.494 e. The Morgan fingerprint density at radius 3 is 2.60 bits per heavy atom. The lowest BCUT2D eigenvalue weighted by Gasteiger charge is -2.07. The van der Waals surface area contributed by atoms with Crippen molar-refractivity contribution in [3.8, 4) is 17.5 Å². The first-order valence-electron chi connectivity index (χ1n) is 6.88. The normalized spacial score (nSPS) is 10.2. The van der Waals surface area contributed by atoms with Crippen LogP contribution in [0.15, 0.2) is 24.3 Å². The molecule has 0 aliphatic rings. The molecule has 1 aromatic carbocycles. The van der Waals surface area contributed by atoms with Gasteiger partial charge >= 0.3 is 0 Å². The highest BCUT2D eigenvalue weighted by atomic mass is 16.5. The molecule has 0 spiro atoms. The highest BCUT2D eigenvalue weighted by molar-refractivity contribution is 5.40. The van der Waals surface area contributed by atoms with Gasteiger partial charge in [0.25, 0.3) is 0 Å². The van der Waals surface area contributed by atoms with Crippen molar-refractivity contribution in [1.29, 1.82) is 5.26 Å². The van der Waals surface area contributed by atoms with E-state index in [1.807, 2.05) is 31.2 Å². The van der Waals surface area contributed by atoms with Crippen LogP contribution in [-0.2, 0) is 6.42 Å². The summed E-state index contributed by atoms with van der Waals surface area (Å²) in [5.74, 6) is 0.826. The number of benzene rings is 1. The van der Waals surface area contributed by atoms with Gasteiger partial charge < -0.3 is 4.74 Å². The van der Waals surface area contributed by atoms with E-state index in [0.29, 0.717) is 12.3 Å². The van der Waals surface area contributed by atoms with Crippen LogP contribution in [0.2, 0.25) is 0 Å². The van der Waals surface area contributed by atoms with Crippen LogP contribution in [0.4, 0.5) is 0 Å². The Bertz CT molecular complexity index is 595. The van der Waals surface area contributed by atoms with Crippen molar-refractivity contribution in [2.45, 2.75) is 33.1 Å². The van der Waals surface area contributed by atoms with Gasteiger partial charge in [-0.25, -0.2) is 4.68 Å². The predicted molar refractivity (Wildman–Crippen MR) is 75.9 cm³/mol. The van der Waals surface area contributed by atoms with Crippen molar-refractivity contribution in [2.24, 2.45) is 0 Å². The lowest BCUT2D eigenvalue weighted by Crippen LogP contribution is -2.03. The molecule has 104 valence electrons. The zero-order valence-corrected chi connectivity index (χ0v) is 11.8. The molecule has 0 atom stereocenters. The van der Waals surface area contributed by atoms with Gasteiger partial charge in [0.15, 0.2) is 5.69 Å². The third kappa shape index (κ3) is 2.97. The molecular weight excluding hydrogens is 252 g/mol. The minimum atomic E-state index is 0.410.